The third-order valence-corrected chi connectivity index (χ3v) is 2.35. The molecule has 18 heavy (non-hydrogen) atoms. The van der Waals surface area contributed by atoms with E-state index in [-0.39, 0.29) is 17.1 Å². The van der Waals surface area contributed by atoms with Crippen molar-refractivity contribution in [1.82, 2.24) is 20.4 Å². The second kappa shape index (κ2) is 4.28. The van der Waals surface area contributed by atoms with E-state index in [2.05, 4.69) is 30.6 Å². The average Bonchev–Trinajstić information content (AvgIpc) is 2.81. The first-order chi connectivity index (χ1) is 8.50. The quantitative estimate of drug-likeness (QED) is 0.589. The summed E-state index contributed by atoms with van der Waals surface area (Å²) in [5.74, 6) is -0.602. The lowest BCUT2D eigenvalue weighted by molar-refractivity contribution is 0.100. The van der Waals surface area contributed by atoms with Crippen LogP contribution in [0, 0.1) is 13.8 Å². The number of H-pyrrole nitrogens is 3. The molecule has 0 fully saturated rings. The molecule has 0 bridgehead atoms. The van der Waals surface area contributed by atoms with Crippen LogP contribution in [0.25, 0.3) is 0 Å². The molecule has 0 aliphatic carbocycles. The van der Waals surface area contributed by atoms with Crippen molar-refractivity contribution in [1.29, 1.82) is 0 Å². The van der Waals surface area contributed by atoms with Crippen LogP contribution in [0.3, 0.4) is 0 Å². The fraction of sp³-hybridized carbons (Fsp3) is 0.222. The van der Waals surface area contributed by atoms with Gasteiger partial charge in [0.15, 0.2) is 5.69 Å². The zero-order valence-electron chi connectivity index (χ0n) is 9.74. The Labute approximate surface area is 100 Å². The van der Waals surface area contributed by atoms with Crippen LogP contribution in [0.4, 0.5) is 11.5 Å². The number of aromatic amines is 3. The van der Waals surface area contributed by atoms with Crippen molar-refractivity contribution in [3.63, 3.8) is 0 Å². The molecule has 0 aliphatic rings. The molecular formula is C9H11N7O2. The van der Waals surface area contributed by atoms with Crippen LogP contribution in [0.2, 0.25) is 0 Å². The standard InChI is InChI=1S/C9H11N7O2/c1-3-5(7(10)17)8(14-11-3)15-13-6-4(2)12-16-9(6)18/h1-2H3,(H2,10,17)(H,11,14)(H2,12,16,18). The molecular weight excluding hydrogens is 238 g/mol. The van der Waals surface area contributed by atoms with Crippen LogP contribution in [0.5, 0.6) is 0 Å². The number of nitrogens with one attached hydrogen (secondary N) is 3. The number of carbonyl (C=O) groups is 1. The first-order valence-corrected chi connectivity index (χ1v) is 5.04. The monoisotopic (exact) mass is 249 g/mol. The van der Waals surface area contributed by atoms with Gasteiger partial charge in [0.2, 0.25) is 5.82 Å². The Bertz CT molecular complexity index is 675. The highest BCUT2D eigenvalue weighted by atomic mass is 16.1. The molecule has 0 aliphatic heterocycles. The molecule has 2 rings (SSSR count). The Balaban J connectivity index is 2.41. The average molecular weight is 249 g/mol. The molecule has 0 atom stereocenters. The number of hydrogen-bond donors (Lipinski definition) is 4. The summed E-state index contributed by atoms with van der Waals surface area (Å²) >= 11 is 0. The Morgan fingerprint density at radius 1 is 1.22 bits per heavy atom. The van der Waals surface area contributed by atoms with E-state index >= 15 is 0 Å². The second-order valence-corrected chi connectivity index (χ2v) is 3.66. The summed E-state index contributed by atoms with van der Waals surface area (Å²) in [6.07, 6.45) is 0. The first kappa shape index (κ1) is 11.8. The minimum Gasteiger partial charge on any atom is -0.365 e. The minimum absolute atomic E-state index is 0.0556. The van der Waals surface area contributed by atoms with Gasteiger partial charge >= 0.3 is 0 Å². The number of nitrogens with zero attached hydrogens (tertiary/aromatic N) is 3. The van der Waals surface area contributed by atoms with E-state index in [1.807, 2.05) is 0 Å². The van der Waals surface area contributed by atoms with E-state index in [4.69, 9.17) is 5.73 Å². The molecule has 0 aromatic carbocycles. The van der Waals surface area contributed by atoms with E-state index in [0.717, 1.165) is 0 Å². The smallest absolute Gasteiger partial charge is 0.291 e. The van der Waals surface area contributed by atoms with E-state index in [9.17, 15) is 9.59 Å². The third-order valence-electron chi connectivity index (χ3n) is 2.35. The van der Waals surface area contributed by atoms with Crippen LogP contribution in [-0.4, -0.2) is 26.3 Å². The van der Waals surface area contributed by atoms with Crippen molar-refractivity contribution >= 4 is 17.4 Å². The van der Waals surface area contributed by atoms with Gasteiger partial charge in [0.1, 0.15) is 5.56 Å². The van der Waals surface area contributed by atoms with Crippen LogP contribution in [-0.2, 0) is 0 Å². The van der Waals surface area contributed by atoms with Crippen molar-refractivity contribution in [3.8, 4) is 0 Å². The van der Waals surface area contributed by atoms with Crippen LogP contribution >= 0.6 is 0 Å². The lowest BCUT2D eigenvalue weighted by atomic mass is 10.2. The van der Waals surface area contributed by atoms with E-state index in [0.29, 0.717) is 11.4 Å². The number of aryl methyl sites for hydroxylation is 2. The van der Waals surface area contributed by atoms with E-state index < -0.39 is 11.5 Å². The number of hydrogen-bond acceptors (Lipinski definition) is 5. The molecule has 9 nitrogen and oxygen atoms in total. The van der Waals surface area contributed by atoms with E-state index in [1.54, 1.807) is 13.8 Å². The maximum atomic E-state index is 11.3. The highest BCUT2D eigenvalue weighted by molar-refractivity contribution is 5.98. The number of nitrogens with two attached hydrogens (primary N) is 1. The number of amides is 1. The maximum Gasteiger partial charge on any atom is 0.291 e. The van der Waals surface area contributed by atoms with Crippen molar-refractivity contribution < 1.29 is 4.79 Å². The Morgan fingerprint density at radius 2 is 1.94 bits per heavy atom. The molecule has 0 radical (unpaired) electrons. The third kappa shape index (κ3) is 1.93. The second-order valence-electron chi connectivity index (χ2n) is 3.66. The van der Waals surface area contributed by atoms with Crippen LogP contribution in [0.15, 0.2) is 15.0 Å². The molecule has 0 unspecified atom stereocenters. The summed E-state index contributed by atoms with van der Waals surface area (Å²) in [6, 6.07) is 0. The van der Waals surface area contributed by atoms with Crippen molar-refractivity contribution in [3.05, 3.63) is 27.3 Å². The molecule has 9 heteroatoms. The number of aromatic nitrogens is 4. The molecule has 2 aromatic heterocycles. The van der Waals surface area contributed by atoms with Gasteiger partial charge in [-0.25, -0.2) is 0 Å². The number of carbonyl (C=O) groups excluding carboxylic acids is 1. The first-order valence-electron chi connectivity index (χ1n) is 5.04. The van der Waals surface area contributed by atoms with Gasteiger partial charge in [0, 0.05) is 5.69 Å². The number of rotatable bonds is 3. The Morgan fingerprint density at radius 3 is 2.50 bits per heavy atom. The van der Waals surface area contributed by atoms with E-state index in [1.165, 1.54) is 0 Å². The molecule has 2 aromatic rings. The minimum atomic E-state index is -0.658. The predicted octanol–water partition coefficient (Wildman–Crippen LogP) is 0.557. The lowest BCUT2D eigenvalue weighted by Gasteiger charge is -1.92. The van der Waals surface area contributed by atoms with Gasteiger partial charge in [-0.1, -0.05) is 0 Å². The lowest BCUT2D eigenvalue weighted by Crippen LogP contribution is -2.11. The van der Waals surface area contributed by atoms with Crippen LogP contribution in [0.1, 0.15) is 21.7 Å². The summed E-state index contributed by atoms with van der Waals surface area (Å²) in [6.45, 7) is 3.30. The highest BCUT2D eigenvalue weighted by Crippen LogP contribution is 2.21. The summed E-state index contributed by atoms with van der Waals surface area (Å²) in [5, 5.41) is 18.8. The Kier molecular flexibility index (Phi) is 2.80. The van der Waals surface area contributed by atoms with Gasteiger partial charge in [-0.15, -0.1) is 10.2 Å². The molecule has 0 saturated heterocycles. The van der Waals surface area contributed by atoms with Gasteiger partial charge in [-0.2, -0.15) is 5.10 Å². The summed E-state index contributed by atoms with van der Waals surface area (Å²) in [5.41, 5.74) is 6.12. The normalized spacial score (nSPS) is 11.2. The molecule has 94 valence electrons. The van der Waals surface area contributed by atoms with Crippen LogP contribution < -0.4 is 11.3 Å². The van der Waals surface area contributed by atoms with Crippen molar-refractivity contribution in [2.24, 2.45) is 16.0 Å². The Hall–Kier alpha value is -2.71. The van der Waals surface area contributed by atoms with Crippen molar-refractivity contribution in [2.75, 3.05) is 0 Å². The SMILES string of the molecule is Cc1[nH]nc(N=Nc2c(C)[nH][nH]c2=O)c1C(N)=O. The van der Waals surface area contributed by atoms with Gasteiger partial charge in [-0.3, -0.25) is 19.8 Å². The molecule has 0 saturated carbocycles. The fourth-order valence-corrected chi connectivity index (χ4v) is 1.44. The van der Waals surface area contributed by atoms with Gasteiger partial charge in [-0.05, 0) is 13.8 Å². The summed E-state index contributed by atoms with van der Waals surface area (Å²) in [4.78, 5) is 22.5. The van der Waals surface area contributed by atoms with Crippen molar-refractivity contribution in [2.45, 2.75) is 13.8 Å². The van der Waals surface area contributed by atoms with Gasteiger partial charge in [0.25, 0.3) is 11.5 Å². The largest absolute Gasteiger partial charge is 0.365 e. The maximum absolute atomic E-state index is 11.3. The summed E-state index contributed by atoms with van der Waals surface area (Å²) in [7, 11) is 0. The highest BCUT2D eigenvalue weighted by Gasteiger charge is 2.15. The zero-order chi connectivity index (χ0) is 13.3. The molecule has 1 amide bonds. The molecule has 5 N–H and O–H groups in total. The molecule has 2 heterocycles. The predicted molar refractivity (Wildman–Crippen MR) is 62.2 cm³/mol. The number of primary amides is 1. The molecule has 0 spiro atoms. The summed E-state index contributed by atoms with van der Waals surface area (Å²) < 4.78 is 0. The fourth-order valence-electron chi connectivity index (χ4n) is 1.44. The number of azo groups is 1. The zero-order valence-corrected chi connectivity index (χ0v) is 9.74. The van der Waals surface area contributed by atoms with Gasteiger partial charge < -0.3 is 10.8 Å². The van der Waals surface area contributed by atoms with Gasteiger partial charge in [0.05, 0.1) is 5.69 Å². The topological polar surface area (TPSA) is 145 Å².